The number of aromatic carboxylic acids is 1. The molecule has 0 spiro atoms. The van der Waals surface area contributed by atoms with Crippen molar-refractivity contribution in [3.8, 4) is 22.5 Å². The molecule has 0 amide bonds. The largest absolute Gasteiger partial charge is 0.514 e. The summed E-state index contributed by atoms with van der Waals surface area (Å²) in [5, 5.41) is 80.7. The number of carboxylic acid groups (broad SMARTS) is 1. The van der Waals surface area contributed by atoms with Gasteiger partial charge in [-0.3, -0.25) is 14.9 Å². The third kappa shape index (κ3) is 28.6. The van der Waals surface area contributed by atoms with Crippen LogP contribution in [0.5, 0.6) is 0 Å². The molecule has 2 unspecified atom stereocenters. The number of aromatic nitrogens is 14. The molecule has 3 aliphatic heterocycles. The molecule has 10 heterocycles. The summed E-state index contributed by atoms with van der Waals surface area (Å²) >= 11 is 40.3. The Hall–Kier alpha value is -8.40. The number of ether oxygens (including phenoxy) is 2. The maximum absolute atomic E-state index is 11.4. The van der Waals surface area contributed by atoms with Crippen LogP contribution in [0.1, 0.15) is 122 Å². The molecule has 5 aromatic carbocycles. The van der Waals surface area contributed by atoms with E-state index in [0.717, 1.165) is 108 Å². The Kier molecular flexibility index (Phi) is 42.1. The summed E-state index contributed by atoms with van der Waals surface area (Å²) < 4.78 is 29.7. The molecule has 2 atom stereocenters. The number of benzene rings is 5. The monoisotopic (exact) mass is 2010 g/mol. The number of nitrogens with zero attached hydrogens (tertiary/aromatic N) is 12. The summed E-state index contributed by atoms with van der Waals surface area (Å²) in [4.78, 5) is 53.7. The van der Waals surface area contributed by atoms with Gasteiger partial charge in [0.1, 0.15) is 23.7 Å². The first-order chi connectivity index (χ1) is 57.9. The van der Waals surface area contributed by atoms with Gasteiger partial charge in [-0.2, -0.15) is 30.2 Å². The molecule has 0 aliphatic carbocycles. The summed E-state index contributed by atoms with van der Waals surface area (Å²) in [7, 11) is 0.619. The number of aromatic amines is 2. The van der Waals surface area contributed by atoms with Crippen LogP contribution in [0.25, 0.3) is 66.1 Å². The molecule has 0 bridgehead atoms. The zero-order chi connectivity index (χ0) is 88.3. The van der Waals surface area contributed by atoms with Crippen molar-refractivity contribution < 1.29 is 54.2 Å². The van der Waals surface area contributed by atoms with Crippen LogP contribution in [-0.4, -0.2) is 197 Å². The highest BCUT2D eigenvalue weighted by atomic mass is 79.9. The van der Waals surface area contributed by atoms with Gasteiger partial charge in [-0.25, -0.2) is 34.1 Å². The minimum Gasteiger partial charge on any atom is -0.478 e. The Labute approximate surface area is 766 Å². The highest BCUT2D eigenvalue weighted by molar-refractivity contribution is 9.11. The second-order valence-electron chi connectivity index (χ2n) is 27.6. The molecule has 35 nitrogen and oxygen atoms in total. The van der Waals surface area contributed by atoms with Gasteiger partial charge in [0.15, 0.2) is 6.23 Å². The van der Waals surface area contributed by atoms with Crippen LogP contribution in [0.4, 0.5) is 46.9 Å². The Morgan fingerprint density at radius 2 is 0.976 bits per heavy atom. The van der Waals surface area contributed by atoms with Gasteiger partial charge in [0.05, 0.1) is 86.3 Å². The number of H-pyrrole nitrogens is 2. The number of rotatable bonds is 20. The van der Waals surface area contributed by atoms with Crippen LogP contribution in [0.3, 0.4) is 0 Å². The van der Waals surface area contributed by atoms with E-state index < -0.39 is 5.97 Å². The Bertz CT molecular complexity index is 5460. The van der Waals surface area contributed by atoms with E-state index in [1.54, 1.807) is 48.9 Å². The molecule has 15 rings (SSSR count). The van der Waals surface area contributed by atoms with E-state index in [-0.39, 0.29) is 118 Å². The van der Waals surface area contributed by atoms with Crippen LogP contribution >= 0.6 is 118 Å². The lowest BCUT2D eigenvalue weighted by Gasteiger charge is -2.32. The van der Waals surface area contributed by atoms with Crippen molar-refractivity contribution in [1.82, 2.24) is 69.6 Å². The summed E-state index contributed by atoms with van der Waals surface area (Å²) in [6, 6.07) is 22.7. The van der Waals surface area contributed by atoms with Gasteiger partial charge in [0.25, 0.3) is 5.56 Å². The van der Waals surface area contributed by atoms with E-state index in [0.29, 0.717) is 124 Å². The predicted molar refractivity (Wildman–Crippen MR) is 502 cm³/mol. The summed E-state index contributed by atoms with van der Waals surface area (Å²) in [5.74, 6) is 1.40. The van der Waals surface area contributed by atoms with Gasteiger partial charge >= 0.3 is 13.1 Å². The Morgan fingerprint density at radius 1 is 0.553 bits per heavy atom. The smallest absolute Gasteiger partial charge is 0.478 e. The SMILES string of the molecule is C.CC1(C)OB(c2ccnn2C2CCCCO2)OC1(C)C.CO.Cl.NCCCO.Nc1cc(Br)c(Cl)cc1C(=O)O.Nc1nc(NCCCO)c2cc(Cl)c(-c3ccn[nH]3)cc2n1.Nc1nc(NCCCO)c2cc(Cl)c(-c3ccnn3C3CCCCO3)cc2n1.Nc1nc(NCCCO)c2cc(Cl)c(Br)cc2n1.Nc1nc2cc(Br)c(Cl)cc2c(=O)[nH]1. The van der Waals surface area contributed by atoms with Crippen LogP contribution in [0.2, 0.25) is 25.1 Å². The quantitative estimate of drug-likeness (QED) is 0.0191. The number of nitrogens with one attached hydrogen (secondary N) is 5. The zero-order valence-electron chi connectivity index (χ0n) is 67.0. The lowest BCUT2D eigenvalue weighted by Crippen LogP contribution is -2.42. The minimum absolute atomic E-state index is 0. The number of carbonyl (C=O) groups is 1. The van der Waals surface area contributed by atoms with Crippen molar-refractivity contribution in [2.75, 3.05) is 118 Å². The van der Waals surface area contributed by atoms with Gasteiger partial charge in [0.2, 0.25) is 23.8 Å². The number of anilines is 8. The minimum atomic E-state index is -1.08. The lowest BCUT2D eigenvalue weighted by molar-refractivity contribution is -0.0383. The molecule has 3 fully saturated rings. The molecule has 23 N–H and O–H groups in total. The van der Waals surface area contributed by atoms with E-state index >= 15 is 0 Å². The molecule has 7 aromatic heterocycles. The molecule has 45 heteroatoms. The molecule has 0 saturated carbocycles. The highest BCUT2D eigenvalue weighted by Gasteiger charge is 2.53. The highest BCUT2D eigenvalue weighted by Crippen LogP contribution is 2.40. The van der Waals surface area contributed by atoms with Crippen LogP contribution < -0.4 is 61.5 Å². The molecule has 3 saturated heterocycles. The zero-order valence-corrected chi connectivity index (χ0v) is 76.4. The van der Waals surface area contributed by atoms with E-state index in [2.05, 4.69) is 152 Å². The van der Waals surface area contributed by atoms with Crippen molar-refractivity contribution in [3.63, 3.8) is 0 Å². The third-order valence-electron chi connectivity index (χ3n) is 18.5. The maximum atomic E-state index is 11.4. The van der Waals surface area contributed by atoms with Crippen molar-refractivity contribution in [1.29, 1.82) is 0 Å². The van der Waals surface area contributed by atoms with E-state index in [4.69, 9.17) is 142 Å². The standard InChI is InChI=1S/C19H23ClN6O2.C14H23BN2O3.C14H15ClN6O.C11H12BrClN4O.C8H5BrClN3O.C7H5BrClNO2.C3H9NO.CH4O.CH4.ClH/c20-14-10-13-15(24-19(21)25-18(13)22-6-3-8-27)11-12(14)16-5-7-23-26(16)17-4-1-2-9-28-17;1-13(2)14(3,4)20-15(19-13)11-8-9-16-17(11)12-7-5-6-10-18-12;15-10-6-9-12(7-8(10)11-2-4-18-21-11)19-14(16)20-13(9)17-3-1-5-22;12-7-5-9-6(4-8(7)13)10(15-2-1-3-18)17-11(14)16-9;9-4-2-6-3(1-5(4)10)7(14)13-8(11)12-6;8-4-2-6(10)3(7(11)12)1-5(4)9;4-2-1-3-5;1-2;;/h5,7,10-11,17,27H,1-4,6,8-9H2,(H3,21,22,24,25);8-9,12H,5-7,10H2,1-4H3;2,4,6-7,22H,1,3,5H2,(H,18,21)(H3,16,17,19,20);4-5,18H,1-3H2,(H3,14,15,16,17);1-2H,(H3,11,12,13,14);1-2H,10H2,(H,11,12);5H,1-4H2;2H,1H3;1H4;1H. The van der Waals surface area contributed by atoms with Crippen LogP contribution in [0.15, 0.2) is 116 Å². The van der Waals surface area contributed by atoms with Gasteiger partial charge in [0, 0.05) is 131 Å². The molecule has 666 valence electrons. The molecule has 0 radical (unpaired) electrons. The van der Waals surface area contributed by atoms with Crippen molar-refractivity contribution in [2.45, 2.75) is 123 Å². The average Bonchev–Trinajstić information content (AvgIpc) is 1.65. The van der Waals surface area contributed by atoms with Crippen molar-refractivity contribution >= 4 is 227 Å². The fourth-order valence-electron chi connectivity index (χ4n) is 11.8. The molecular formula is C78H101BBr3Cl6N23O12. The number of hydrogen-bond acceptors (Lipinski definition) is 30. The number of carboxylic acids is 1. The molecule has 3 aliphatic rings. The predicted octanol–water partition coefficient (Wildman–Crippen LogP) is 13.9. The first-order valence-corrected chi connectivity index (χ1v) is 42.2. The van der Waals surface area contributed by atoms with E-state index in [9.17, 15) is 9.59 Å². The number of aliphatic hydroxyl groups excluding tert-OH is 5. The Morgan fingerprint density at radius 3 is 1.42 bits per heavy atom. The van der Waals surface area contributed by atoms with Gasteiger partial charge in [-0.15, -0.1) is 12.4 Å². The molecule has 123 heavy (non-hydrogen) atoms. The topological polar surface area (TPSA) is 555 Å². The first-order valence-electron chi connectivity index (χ1n) is 37.9. The number of fused-ring (bicyclic) bond motifs is 4. The number of nitrogens with two attached hydrogens (primary N) is 6. The normalized spacial score (nSPS) is 14.7. The number of hydrogen-bond donors (Lipinski definition) is 17. The third-order valence-corrected chi connectivity index (χ3v) is 22.7. The summed E-state index contributed by atoms with van der Waals surface area (Å²) in [5.41, 5.74) is 39.2. The number of aliphatic hydroxyl groups is 5. The van der Waals surface area contributed by atoms with Crippen molar-refractivity contribution in [2.24, 2.45) is 5.73 Å². The number of nitrogen functional groups attached to an aromatic ring is 5. The summed E-state index contributed by atoms with van der Waals surface area (Å²) in [6.45, 7) is 12.7. The van der Waals surface area contributed by atoms with Crippen molar-refractivity contribution in [3.05, 3.63) is 152 Å². The Balaban J connectivity index is 0.000000228. The second-order valence-corrected chi connectivity index (χ2v) is 32.2. The molecule has 12 aromatic rings. The van der Waals surface area contributed by atoms with Crippen LogP contribution in [-0.2, 0) is 18.8 Å². The number of halogens is 9. The first kappa shape index (κ1) is 103. The van der Waals surface area contributed by atoms with Gasteiger partial charge in [-0.1, -0.05) is 65.4 Å². The van der Waals surface area contributed by atoms with Gasteiger partial charge in [-0.05, 0) is 225 Å². The summed E-state index contributed by atoms with van der Waals surface area (Å²) in [6.07, 6.45) is 14.1. The van der Waals surface area contributed by atoms with E-state index in [1.807, 2.05) is 45.8 Å². The van der Waals surface area contributed by atoms with Gasteiger partial charge < -0.3 is 99.8 Å². The fourth-order valence-corrected chi connectivity index (χ4v) is 13.9. The fraction of sp³-hybridized carbons (Fsp3) is 0.385. The average molecular weight is 2020 g/mol. The molecular weight excluding hydrogens is 1910 g/mol. The second kappa shape index (κ2) is 50.1. The lowest BCUT2D eigenvalue weighted by atomic mass is 9.84. The van der Waals surface area contributed by atoms with E-state index in [1.165, 1.54) is 18.6 Å². The van der Waals surface area contributed by atoms with Crippen LogP contribution in [0, 0.1) is 0 Å². The maximum Gasteiger partial charge on any atom is 0.514 e.